The fourth-order valence-corrected chi connectivity index (χ4v) is 2.17. The molecule has 4 heteroatoms. The maximum absolute atomic E-state index is 9.22. The highest BCUT2D eigenvalue weighted by Crippen LogP contribution is 2.28. The van der Waals surface area contributed by atoms with Gasteiger partial charge in [0.25, 0.3) is 0 Å². The first-order chi connectivity index (χ1) is 9.20. The molecule has 3 nitrogen and oxygen atoms in total. The highest BCUT2D eigenvalue weighted by atomic mass is 35.5. The molecule has 2 rings (SSSR count). The first-order valence-corrected chi connectivity index (χ1v) is 6.53. The lowest BCUT2D eigenvalue weighted by molar-refractivity contribution is 0.301. The van der Waals surface area contributed by atoms with Gasteiger partial charge in [0.05, 0.1) is 18.0 Å². The number of halogens is 1. The van der Waals surface area contributed by atoms with Crippen molar-refractivity contribution in [3.05, 3.63) is 59.1 Å². The third-order valence-corrected chi connectivity index (χ3v) is 3.15. The van der Waals surface area contributed by atoms with Crippen molar-refractivity contribution < 1.29 is 5.11 Å². The van der Waals surface area contributed by atoms with E-state index in [-0.39, 0.29) is 6.61 Å². The summed E-state index contributed by atoms with van der Waals surface area (Å²) in [6.07, 6.45) is 0. The van der Waals surface area contributed by atoms with Gasteiger partial charge in [-0.15, -0.1) is 0 Å². The highest BCUT2D eigenvalue weighted by molar-refractivity contribution is 6.31. The Hall–Kier alpha value is -1.71. The summed E-state index contributed by atoms with van der Waals surface area (Å²) in [5.74, 6) is 0. The van der Waals surface area contributed by atoms with Gasteiger partial charge in [-0.25, -0.2) is 0 Å². The number of rotatable bonds is 5. The second kappa shape index (κ2) is 6.45. The van der Waals surface area contributed by atoms with Gasteiger partial charge in [0.2, 0.25) is 0 Å². The van der Waals surface area contributed by atoms with Crippen LogP contribution in [-0.4, -0.2) is 18.3 Å². The summed E-state index contributed by atoms with van der Waals surface area (Å²) in [6, 6.07) is 15.4. The summed E-state index contributed by atoms with van der Waals surface area (Å²) < 4.78 is 0. The largest absolute Gasteiger partial charge is 0.397 e. The molecule has 0 aliphatic heterocycles. The monoisotopic (exact) mass is 276 g/mol. The van der Waals surface area contributed by atoms with Crippen LogP contribution in [-0.2, 0) is 6.54 Å². The number of hydrogen-bond donors (Lipinski definition) is 2. The molecule has 0 aliphatic carbocycles. The van der Waals surface area contributed by atoms with E-state index in [1.165, 1.54) is 0 Å². The lowest BCUT2D eigenvalue weighted by Crippen LogP contribution is -2.26. The van der Waals surface area contributed by atoms with E-state index in [0.717, 1.165) is 11.3 Å². The minimum Gasteiger partial charge on any atom is -0.397 e. The summed E-state index contributed by atoms with van der Waals surface area (Å²) in [7, 11) is 0. The third kappa shape index (κ3) is 3.63. The molecule has 0 aromatic heterocycles. The van der Waals surface area contributed by atoms with Gasteiger partial charge in [-0.05, 0) is 23.8 Å². The van der Waals surface area contributed by atoms with E-state index in [0.29, 0.717) is 23.8 Å². The van der Waals surface area contributed by atoms with Crippen molar-refractivity contribution in [2.75, 3.05) is 23.8 Å². The number of nitrogen functional groups attached to an aromatic ring is 1. The Balaban J connectivity index is 2.27. The molecule has 0 amide bonds. The Labute approximate surface area is 118 Å². The number of aliphatic hydroxyl groups excluding tert-OH is 1. The van der Waals surface area contributed by atoms with Crippen molar-refractivity contribution in [2.45, 2.75) is 6.54 Å². The Morgan fingerprint density at radius 3 is 2.53 bits per heavy atom. The van der Waals surface area contributed by atoms with E-state index in [1.54, 1.807) is 12.1 Å². The van der Waals surface area contributed by atoms with Crippen LogP contribution in [0.5, 0.6) is 0 Å². The van der Waals surface area contributed by atoms with Crippen LogP contribution in [0.2, 0.25) is 5.02 Å². The number of nitrogens with zero attached hydrogens (tertiary/aromatic N) is 1. The van der Waals surface area contributed by atoms with Crippen LogP contribution in [0.25, 0.3) is 0 Å². The van der Waals surface area contributed by atoms with Crippen LogP contribution in [0.15, 0.2) is 48.5 Å². The van der Waals surface area contributed by atoms with Crippen molar-refractivity contribution in [1.82, 2.24) is 0 Å². The normalized spacial score (nSPS) is 10.4. The van der Waals surface area contributed by atoms with Crippen molar-refractivity contribution in [3.8, 4) is 0 Å². The third-order valence-electron chi connectivity index (χ3n) is 2.92. The van der Waals surface area contributed by atoms with E-state index >= 15 is 0 Å². The molecule has 0 unspecified atom stereocenters. The molecule has 0 bridgehead atoms. The highest BCUT2D eigenvalue weighted by Gasteiger charge is 2.10. The SMILES string of the molecule is Nc1ccc(Cl)cc1N(CCO)Cc1ccccc1. The molecule has 0 atom stereocenters. The van der Waals surface area contributed by atoms with Gasteiger partial charge in [0, 0.05) is 18.1 Å². The zero-order valence-corrected chi connectivity index (χ0v) is 11.3. The van der Waals surface area contributed by atoms with Gasteiger partial charge < -0.3 is 15.7 Å². The first kappa shape index (κ1) is 13.7. The lowest BCUT2D eigenvalue weighted by Gasteiger charge is -2.25. The maximum Gasteiger partial charge on any atom is 0.0618 e. The summed E-state index contributed by atoms with van der Waals surface area (Å²) >= 11 is 6.02. The van der Waals surface area contributed by atoms with Gasteiger partial charge in [-0.2, -0.15) is 0 Å². The molecule has 0 saturated carbocycles. The van der Waals surface area contributed by atoms with Crippen LogP contribution < -0.4 is 10.6 Å². The molecule has 0 saturated heterocycles. The fourth-order valence-electron chi connectivity index (χ4n) is 2.00. The molecule has 3 N–H and O–H groups in total. The summed E-state index contributed by atoms with van der Waals surface area (Å²) in [4.78, 5) is 2.02. The second-order valence-corrected chi connectivity index (χ2v) is 4.77. The Morgan fingerprint density at radius 1 is 1.11 bits per heavy atom. The molecular weight excluding hydrogens is 260 g/mol. The standard InChI is InChI=1S/C15H17ClN2O/c16-13-6-7-14(17)15(10-13)18(8-9-19)11-12-4-2-1-3-5-12/h1-7,10,19H,8-9,11,17H2. The van der Waals surface area contributed by atoms with Crippen LogP contribution in [0.3, 0.4) is 0 Å². The van der Waals surface area contributed by atoms with Crippen molar-refractivity contribution >= 4 is 23.0 Å². The molecule has 19 heavy (non-hydrogen) atoms. The van der Waals surface area contributed by atoms with Crippen LogP contribution in [0.4, 0.5) is 11.4 Å². The number of hydrogen-bond acceptors (Lipinski definition) is 3. The number of aliphatic hydroxyl groups is 1. The molecule has 0 radical (unpaired) electrons. The first-order valence-electron chi connectivity index (χ1n) is 6.15. The molecule has 0 heterocycles. The summed E-state index contributed by atoms with van der Waals surface area (Å²) in [5, 5.41) is 9.86. The maximum atomic E-state index is 9.22. The Morgan fingerprint density at radius 2 is 1.84 bits per heavy atom. The molecule has 100 valence electrons. The average molecular weight is 277 g/mol. The summed E-state index contributed by atoms with van der Waals surface area (Å²) in [5.41, 5.74) is 8.67. The van der Waals surface area contributed by atoms with Gasteiger partial charge >= 0.3 is 0 Å². The predicted molar refractivity (Wildman–Crippen MR) is 80.4 cm³/mol. The molecule has 0 aliphatic rings. The van der Waals surface area contributed by atoms with Crippen LogP contribution >= 0.6 is 11.6 Å². The van der Waals surface area contributed by atoms with Crippen molar-refractivity contribution in [1.29, 1.82) is 0 Å². The van der Waals surface area contributed by atoms with Crippen molar-refractivity contribution in [3.63, 3.8) is 0 Å². The molecule has 0 fully saturated rings. The van der Waals surface area contributed by atoms with Crippen molar-refractivity contribution in [2.24, 2.45) is 0 Å². The number of anilines is 2. The molecule has 2 aromatic rings. The van der Waals surface area contributed by atoms with Gasteiger partial charge in [-0.1, -0.05) is 41.9 Å². The molecule has 0 spiro atoms. The van der Waals surface area contributed by atoms with E-state index in [1.807, 2.05) is 41.3 Å². The minimum absolute atomic E-state index is 0.0682. The quantitative estimate of drug-likeness (QED) is 0.826. The molecule has 2 aromatic carbocycles. The second-order valence-electron chi connectivity index (χ2n) is 4.33. The summed E-state index contributed by atoms with van der Waals surface area (Å²) in [6.45, 7) is 1.27. The topological polar surface area (TPSA) is 49.5 Å². The van der Waals surface area contributed by atoms with E-state index in [9.17, 15) is 5.11 Å². The van der Waals surface area contributed by atoms with Gasteiger partial charge in [0.1, 0.15) is 0 Å². The zero-order valence-electron chi connectivity index (χ0n) is 10.6. The fraction of sp³-hybridized carbons (Fsp3) is 0.200. The predicted octanol–water partition coefficient (Wildman–Crippen LogP) is 2.92. The van der Waals surface area contributed by atoms with Gasteiger partial charge in [0.15, 0.2) is 0 Å². The lowest BCUT2D eigenvalue weighted by atomic mass is 10.2. The van der Waals surface area contributed by atoms with Gasteiger partial charge in [-0.3, -0.25) is 0 Å². The van der Waals surface area contributed by atoms with E-state index in [4.69, 9.17) is 17.3 Å². The smallest absolute Gasteiger partial charge is 0.0618 e. The Bertz CT molecular complexity index is 531. The molecular formula is C15H17ClN2O. The Kier molecular flexibility index (Phi) is 4.66. The zero-order chi connectivity index (χ0) is 13.7. The number of nitrogens with two attached hydrogens (primary N) is 1. The number of benzene rings is 2. The van der Waals surface area contributed by atoms with E-state index < -0.39 is 0 Å². The van der Waals surface area contributed by atoms with Crippen LogP contribution in [0, 0.1) is 0 Å². The van der Waals surface area contributed by atoms with Crippen LogP contribution in [0.1, 0.15) is 5.56 Å². The average Bonchev–Trinajstić information content (AvgIpc) is 2.42. The minimum atomic E-state index is 0.0682. The van der Waals surface area contributed by atoms with E-state index in [2.05, 4.69) is 0 Å².